The Labute approximate surface area is 313 Å². The van der Waals surface area contributed by atoms with E-state index in [2.05, 4.69) is 78.9 Å². The average molecular weight is 731 g/mol. The van der Waals surface area contributed by atoms with Crippen molar-refractivity contribution in [2.75, 3.05) is 54.9 Å². The van der Waals surface area contributed by atoms with E-state index in [9.17, 15) is 14.5 Å². The van der Waals surface area contributed by atoms with Gasteiger partial charge < -0.3 is 28.8 Å². The van der Waals surface area contributed by atoms with Crippen molar-refractivity contribution in [1.82, 2.24) is 19.1 Å². The molecule has 11 heteroatoms. The molecule has 0 saturated carbocycles. The van der Waals surface area contributed by atoms with Crippen LogP contribution in [-0.2, 0) is 30.9 Å². The van der Waals surface area contributed by atoms with Crippen molar-refractivity contribution in [3.63, 3.8) is 0 Å². The van der Waals surface area contributed by atoms with Crippen molar-refractivity contribution in [2.45, 2.75) is 46.2 Å². The molecule has 0 radical (unpaired) electrons. The summed E-state index contributed by atoms with van der Waals surface area (Å²) in [6, 6.07) is 29.2. The largest absolute Gasteiger partial charge is 0.598 e. The lowest BCUT2D eigenvalue weighted by Gasteiger charge is -2.35. The second-order valence-corrected chi connectivity index (χ2v) is 15.6. The molecule has 1 fully saturated rings. The molecule has 1 unspecified atom stereocenters. The van der Waals surface area contributed by atoms with E-state index in [1.165, 1.54) is 5.69 Å². The summed E-state index contributed by atoms with van der Waals surface area (Å²) in [5, 5.41) is 22.0. The summed E-state index contributed by atoms with van der Waals surface area (Å²) in [5.41, 5.74) is 8.38. The number of H-pyrrole nitrogens is 1. The Kier molecular flexibility index (Phi) is 10.0. The summed E-state index contributed by atoms with van der Waals surface area (Å²) in [7, 11) is 0. The Morgan fingerprint density at radius 2 is 1.60 bits per heavy atom. The Morgan fingerprint density at radius 1 is 0.887 bits per heavy atom. The summed E-state index contributed by atoms with van der Waals surface area (Å²) in [5.74, 6) is 0.591. The molecule has 0 spiro atoms. The minimum atomic E-state index is -0.910. The highest BCUT2D eigenvalue weighted by Crippen LogP contribution is 2.39. The van der Waals surface area contributed by atoms with Gasteiger partial charge in [0.15, 0.2) is 0 Å². The normalized spacial score (nSPS) is 15.8. The number of benzene rings is 4. The van der Waals surface area contributed by atoms with Crippen LogP contribution >= 0.6 is 0 Å². The van der Waals surface area contributed by atoms with E-state index in [1.807, 2.05) is 48.7 Å². The minimum Gasteiger partial charge on any atom is -0.598 e. The van der Waals surface area contributed by atoms with E-state index in [4.69, 9.17) is 4.74 Å². The number of carboxylic acids is 1. The van der Waals surface area contributed by atoms with Crippen molar-refractivity contribution < 1.29 is 19.2 Å². The van der Waals surface area contributed by atoms with Gasteiger partial charge in [0.1, 0.15) is 17.2 Å². The Balaban J connectivity index is 1.06. The Hall–Kier alpha value is -4.97. The quantitative estimate of drug-likeness (QED) is 0.111. The molecule has 0 aliphatic carbocycles. The van der Waals surface area contributed by atoms with Crippen LogP contribution in [0.5, 0.6) is 5.75 Å². The Bertz CT molecular complexity index is 2240. The van der Waals surface area contributed by atoms with Gasteiger partial charge >= 0.3 is 5.97 Å². The number of anilines is 2. The molecule has 10 nitrogen and oxygen atoms in total. The lowest BCUT2D eigenvalue weighted by molar-refractivity contribution is 0.0684. The first-order valence-electron chi connectivity index (χ1n) is 18.7. The molecule has 274 valence electrons. The predicted octanol–water partition coefficient (Wildman–Crippen LogP) is 7.42. The molecule has 1 atom stereocenters. The van der Waals surface area contributed by atoms with E-state index >= 15 is 0 Å². The number of ether oxygens (including phenoxy) is 1. The standard InChI is InChI=1S/C42H46N6O4S/c1-3-53(51)47-25-23-45(24-26-47)31-17-19-32(20-18-31)46-21-9-22-48-40-34(13-7-14-36(40)39-29(2)43-44-37(39)28-46)35(41(48)42(49)50)15-8-27-52-38-16-6-11-30-10-4-5-12-33(30)38/h4-7,10-14,16-20H,3,8-9,15,21-28H2,1-2H3,(H,43,44)(H,49,50). The van der Waals surface area contributed by atoms with Crippen molar-refractivity contribution in [3.8, 4) is 16.9 Å². The zero-order valence-corrected chi connectivity index (χ0v) is 31.2. The number of para-hydroxylation sites is 1. The first-order valence-corrected chi connectivity index (χ1v) is 19.9. The smallest absolute Gasteiger partial charge is 0.352 e. The third-order valence-electron chi connectivity index (χ3n) is 10.8. The van der Waals surface area contributed by atoms with Gasteiger partial charge in [0, 0.05) is 70.8 Å². The van der Waals surface area contributed by atoms with Crippen molar-refractivity contribution in [1.29, 1.82) is 0 Å². The SMILES string of the molecule is CC[S+]([O-])N1CCN(c2ccc(N3CCCn4c(C(=O)O)c(CCCOc5cccc6ccccc56)c5cccc(c54)-c4c(C)n[nH]c4C3)cc2)CC1. The zero-order valence-electron chi connectivity index (χ0n) is 30.4. The van der Waals surface area contributed by atoms with Crippen molar-refractivity contribution >= 4 is 50.4 Å². The molecule has 6 aromatic rings. The van der Waals surface area contributed by atoms with Crippen LogP contribution in [0.1, 0.15) is 47.2 Å². The van der Waals surface area contributed by atoms with Crippen LogP contribution in [0.15, 0.2) is 84.9 Å². The molecule has 4 aromatic carbocycles. The third-order valence-corrected chi connectivity index (χ3v) is 12.2. The van der Waals surface area contributed by atoms with Crippen molar-refractivity contribution in [2.24, 2.45) is 0 Å². The first-order chi connectivity index (χ1) is 25.9. The number of carboxylic acid groups (broad SMARTS) is 1. The third kappa shape index (κ3) is 6.85. The molecule has 8 rings (SSSR count). The number of rotatable bonds is 10. The van der Waals surface area contributed by atoms with Gasteiger partial charge in [-0.05, 0) is 74.4 Å². The van der Waals surface area contributed by atoms with Crippen LogP contribution in [0.2, 0.25) is 0 Å². The van der Waals surface area contributed by atoms with Gasteiger partial charge in [0.25, 0.3) is 0 Å². The highest BCUT2D eigenvalue weighted by atomic mass is 32.2. The number of nitrogens with one attached hydrogen (secondary N) is 1. The molecule has 1 saturated heterocycles. The molecule has 2 aliphatic rings. The number of piperazine rings is 1. The maximum Gasteiger partial charge on any atom is 0.352 e. The summed E-state index contributed by atoms with van der Waals surface area (Å²) >= 11 is -0.900. The number of aromatic amines is 1. The summed E-state index contributed by atoms with van der Waals surface area (Å²) in [6.07, 6.45) is 2.03. The number of hydrogen-bond donors (Lipinski definition) is 2. The molecule has 2 aromatic heterocycles. The fourth-order valence-electron chi connectivity index (χ4n) is 8.23. The van der Waals surface area contributed by atoms with Crippen LogP contribution in [0.3, 0.4) is 0 Å². The number of aromatic carboxylic acids is 1. The van der Waals surface area contributed by atoms with E-state index < -0.39 is 17.3 Å². The molecular weight excluding hydrogens is 685 g/mol. The maximum atomic E-state index is 13.1. The fraction of sp³-hybridized carbons (Fsp3) is 0.333. The molecular formula is C42H46N6O4S. The van der Waals surface area contributed by atoms with Gasteiger partial charge in [-0.25, -0.2) is 4.79 Å². The average Bonchev–Trinajstić information content (AvgIpc) is 3.72. The van der Waals surface area contributed by atoms with Crippen molar-refractivity contribution in [3.05, 3.63) is 108 Å². The zero-order chi connectivity index (χ0) is 36.5. The molecule has 0 amide bonds. The lowest BCUT2D eigenvalue weighted by Crippen LogP contribution is -2.49. The summed E-state index contributed by atoms with van der Waals surface area (Å²) in [4.78, 5) is 17.9. The molecule has 4 heterocycles. The lowest BCUT2D eigenvalue weighted by atomic mass is 9.98. The molecule has 2 N–H and O–H groups in total. The fourth-order valence-corrected chi connectivity index (χ4v) is 9.16. The number of aryl methyl sites for hydroxylation is 3. The van der Waals surface area contributed by atoms with Gasteiger partial charge in [0.2, 0.25) is 0 Å². The van der Waals surface area contributed by atoms with E-state index in [1.54, 1.807) is 0 Å². The Morgan fingerprint density at radius 3 is 2.38 bits per heavy atom. The van der Waals surface area contributed by atoms with Crippen LogP contribution in [0.4, 0.5) is 11.4 Å². The summed E-state index contributed by atoms with van der Waals surface area (Å²) < 4.78 is 22.7. The molecule has 2 aliphatic heterocycles. The first kappa shape index (κ1) is 35.1. The summed E-state index contributed by atoms with van der Waals surface area (Å²) in [6.45, 7) is 9.73. The van der Waals surface area contributed by atoms with Crippen LogP contribution in [0.25, 0.3) is 32.8 Å². The second-order valence-electron chi connectivity index (χ2n) is 13.9. The van der Waals surface area contributed by atoms with Crippen LogP contribution < -0.4 is 14.5 Å². The van der Waals surface area contributed by atoms with Crippen LogP contribution in [0, 0.1) is 6.92 Å². The van der Waals surface area contributed by atoms with E-state index in [0.717, 1.165) is 100 Å². The van der Waals surface area contributed by atoms with Gasteiger partial charge in [-0.15, -0.1) is 4.31 Å². The number of hydrogen-bond acceptors (Lipinski definition) is 7. The highest BCUT2D eigenvalue weighted by Gasteiger charge is 2.28. The van der Waals surface area contributed by atoms with Gasteiger partial charge in [-0.1, -0.05) is 54.6 Å². The van der Waals surface area contributed by atoms with Gasteiger partial charge in [-0.2, -0.15) is 5.10 Å². The minimum absolute atomic E-state index is 0.361. The second kappa shape index (κ2) is 15.2. The van der Waals surface area contributed by atoms with E-state index in [0.29, 0.717) is 44.0 Å². The number of aromatic nitrogens is 3. The highest BCUT2D eigenvalue weighted by molar-refractivity contribution is 7.89. The van der Waals surface area contributed by atoms with Gasteiger partial charge in [0.05, 0.1) is 43.1 Å². The van der Waals surface area contributed by atoms with Crippen LogP contribution in [-0.4, -0.2) is 79.8 Å². The number of nitrogens with zero attached hydrogens (tertiary/aromatic N) is 5. The van der Waals surface area contributed by atoms with Gasteiger partial charge in [-0.3, -0.25) is 5.10 Å². The molecule has 53 heavy (non-hydrogen) atoms. The monoisotopic (exact) mass is 730 g/mol. The topological polar surface area (TPSA) is 113 Å². The predicted molar refractivity (Wildman–Crippen MR) is 214 cm³/mol. The van der Waals surface area contributed by atoms with E-state index in [-0.39, 0.29) is 0 Å². The molecule has 0 bridgehead atoms. The number of carbonyl (C=O) groups is 1. The number of fused-ring (bicyclic) bond motifs is 3. The maximum absolute atomic E-state index is 13.1.